The third kappa shape index (κ3) is 4.12. The molecule has 210 valence electrons. The number of imidazole rings is 1. The summed E-state index contributed by atoms with van der Waals surface area (Å²) < 4.78 is 15.3. The van der Waals surface area contributed by atoms with Gasteiger partial charge in [0.1, 0.15) is 13.2 Å². The van der Waals surface area contributed by atoms with Gasteiger partial charge >= 0.3 is 5.69 Å². The van der Waals surface area contributed by atoms with Gasteiger partial charge in [-0.3, -0.25) is 14.5 Å². The number of ether oxygens (including phenoxy) is 2. The van der Waals surface area contributed by atoms with Crippen LogP contribution in [0.5, 0.6) is 11.5 Å². The van der Waals surface area contributed by atoms with E-state index in [0.717, 1.165) is 59.1 Å². The first-order chi connectivity index (χ1) is 20.7. The van der Waals surface area contributed by atoms with Crippen LogP contribution in [0.1, 0.15) is 36.3 Å². The van der Waals surface area contributed by atoms with E-state index in [-0.39, 0.29) is 17.8 Å². The van der Waals surface area contributed by atoms with Gasteiger partial charge in [0, 0.05) is 36.8 Å². The maximum absolute atomic E-state index is 12.9. The third-order valence-corrected chi connectivity index (χ3v) is 8.34. The van der Waals surface area contributed by atoms with Crippen molar-refractivity contribution in [2.24, 2.45) is 0 Å². The predicted molar refractivity (Wildman–Crippen MR) is 156 cm³/mol. The number of aromatic amines is 1. The van der Waals surface area contributed by atoms with Crippen LogP contribution < -0.4 is 15.2 Å². The number of benzene rings is 3. The lowest BCUT2D eigenvalue weighted by atomic mass is 9.96. The van der Waals surface area contributed by atoms with Crippen molar-refractivity contribution >= 4 is 21.9 Å². The van der Waals surface area contributed by atoms with Crippen LogP contribution in [0, 0.1) is 0 Å². The van der Waals surface area contributed by atoms with Gasteiger partial charge in [-0.05, 0) is 65.2 Å². The number of likely N-dealkylation sites (tertiary alicyclic amines) is 1. The molecule has 1 fully saturated rings. The summed E-state index contributed by atoms with van der Waals surface area (Å²) in [6.07, 6.45) is 3.47. The Bertz CT molecular complexity index is 1970. The molecule has 0 radical (unpaired) electrons. The Balaban J connectivity index is 1.19. The summed E-state index contributed by atoms with van der Waals surface area (Å²) in [4.78, 5) is 23.0. The smallest absolute Gasteiger partial charge is 0.326 e. The second-order valence-electron chi connectivity index (χ2n) is 10.7. The van der Waals surface area contributed by atoms with E-state index in [4.69, 9.17) is 9.47 Å². The Morgan fingerprint density at radius 3 is 2.62 bits per heavy atom. The van der Waals surface area contributed by atoms with E-state index in [9.17, 15) is 4.79 Å². The first kappa shape index (κ1) is 24.7. The molecule has 3 aromatic carbocycles. The van der Waals surface area contributed by atoms with E-state index in [1.807, 2.05) is 71.4 Å². The first-order valence-corrected chi connectivity index (χ1v) is 14.2. The van der Waals surface area contributed by atoms with E-state index in [1.165, 1.54) is 0 Å². The van der Waals surface area contributed by atoms with Gasteiger partial charge in [-0.2, -0.15) is 4.68 Å². The van der Waals surface area contributed by atoms with Crippen molar-refractivity contribution in [2.45, 2.75) is 24.9 Å². The number of fused-ring (bicyclic) bond motifs is 3. The molecule has 6 aromatic rings. The van der Waals surface area contributed by atoms with Crippen LogP contribution in [0.3, 0.4) is 0 Å². The maximum Gasteiger partial charge on any atom is 0.326 e. The van der Waals surface area contributed by atoms with E-state index in [0.29, 0.717) is 30.5 Å². The molecule has 1 unspecified atom stereocenters. The Morgan fingerprint density at radius 1 is 0.905 bits per heavy atom. The number of pyridine rings is 1. The second-order valence-corrected chi connectivity index (χ2v) is 10.7. The van der Waals surface area contributed by atoms with Crippen LogP contribution in [0.25, 0.3) is 27.6 Å². The number of hydrogen-bond acceptors (Lipinski definition) is 8. The SMILES string of the molecule is O=c1[nH]c2ccccc2n1C1CCN(C(c2ccnc3ccccc23)c2nnnn2-c2ccc3c(c2)OCCO3)CC1. The van der Waals surface area contributed by atoms with Crippen molar-refractivity contribution in [3.63, 3.8) is 0 Å². The van der Waals surface area contributed by atoms with Crippen molar-refractivity contribution in [3.05, 3.63) is 101 Å². The molecule has 2 aliphatic rings. The van der Waals surface area contributed by atoms with Crippen LogP contribution in [-0.2, 0) is 0 Å². The molecule has 0 spiro atoms. The number of rotatable bonds is 5. The largest absolute Gasteiger partial charge is 0.486 e. The average molecular weight is 561 g/mol. The highest BCUT2D eigenvalue weighted by atomic mass is 16.6. The quantitative estimate of drug-likeness (QED) is 0.336. The van der Waals surface area contributed by atoms with E-state index in [1.54, 1.807) is 4.68 Å². The molecule has 42 heavy (non-hydrogen) atoms. The Morgan fingerprint density at radius 2 is 1.71 bits per heavy atom. The van der Waals surface area contributed by atoms with Crippen LogP contribution >= 0.6 is 0 Å². The number of nitrogens with one attached hydrogen (secondary N) is 1. The third-order valence-electron chi connectivity index (χ3n) is 8.34. The van der Waals surface area contributed by atoms with Gasteiger partial charge < -0.3 is 14.5 Å². The van der Waals surface area contributed by atoms with Crippen molar-refractivity contribution in [1.82, 2.24) is 39.6 Å². The highest BCUT2D eigenvalue weighted by Gasteiger charge is 2.34. The number of tetrazole rings is 1. The van der Waals surface area contributed by atoms with Gasteiger partial charge in [-0.25, -0.2) is 4.79 Å². The zero-order valence-electron chi connectivity index (χ0n) is 22.8. The van der Waals surface area contributed by atoms with Gasteiger partial charge in [0.2, 0.25) is 0 Å². The molecular weight excluding hydrogens is 532 g/mol. The highest BCUT2D eigenvalue weighted by Crippen LogP contribution is 2.38. The van der Waals surface area contributed by atoms with Crippen molar-refractivity contribution < 1.29 is 9.47 Å². The Kier molecular flexibility index (Phi) is 5.95. The second kappa shape index (κ2) is 10.1. The lowest BCUT2D eigenvalue weighted by molar-refractivity contribution is 0.148. The molecule has 5 heterocycles. The fourth-order valence-corrected chi connectivity index (χ4v) is 6.41. The van der Waals surface area contributed by atoms with Crippen LogP contribution in [0.4, 0.5) is 0 Å². The summed E-state index contributed by atoms with van der Waals surface area (Å²) in [6.45, 7) is 2.54. The summed E-state index contributed by atoms with van der Waals surface area (Å²) in [7, 11) is 0. The molecule has 0 saturated carbocycles. The zero-order valence-corrected chi connectivity index (χ0v) is 22.8. The van der Waals surface area contributed by atoms with Crippen LogP contribution in [0.15, 0.2) is 83.8 Å². The lowest BCUT2D eigenvalue weighted by Gasteiger charge is -2.37. The van der Waals surface area contributed by atoms with Gasteiger partial charge in [-0.15, -0.1) is 5.10 Å². The molecule has 0 bridgehead atoms. The topological polar surface area (TPSA) is 116 Å². The summed E-state index contributed by atoms with van der Waals surface area (Å²) in [5.74, 6) is 2.09. The minimum Gasteiger partial charge on any atom is -0.486 e. The molecule has 3 aromatic heterocycles. The zero-order chi connectivity index (χ0) is 28.0. The molecule has 1 atom stereocenters. The number of hydrogen-bond donors (Lipinski definition) is 1. The lowest BCUT2D eigenvalue weighted by Crippen LogP contribution is -2.40. The van der Waals surface area contributed by atoms with Crippen molar-refractivity contribution in [1.29, 1.82) is 0 Å². The number of para-hydroxylation sites is 3. The van der Waals surface area contributed by atoms with Crippen molar-refractivity contribution in [3.8, 4) is 17.2 Å². The van der Waals surface area contributed by atoms with E-state index < -0.39 is 0 Å². The molecule has 8 rings (SSSR count). The van der Waals surface area contributed by atoms with Crippen LogP contribution in [-0.4, -0.2) is 65.9 Å². The fraction of sp³-hybridized carbons (Fsp3) is 0.258. The molecule has 0 aliphatic carbocycles. The minimum atomic E-state index is -0.248. The normalized spacial score (nSPS) is 16.7. The fourth-order valence-electron chi connectivity index (χ4n) is 6.41. The van der Waals surface area contributed by atoms with Gasteiger partial charge in [0.25, 0.3) is 0 Å². The minimum absolute atomic E-state index is 0.0612. The number of piperidine rings is 1. The Labute approximate surface area is 240 Å². The Hall–Kier alpha value is -5.03. The molecule has 11 nitrogen and oxygen atoms in total. The maximum atomic E-state index is 12.9. The standard InChI is InChI=1S/C31H28N8O3/c40-31-33-25-7-3-4-8-26(25)38(31)20-12-15-37(16-13-20)29(23-11-14-32-24-6-2-1-5-22(23)24)30-34-35-36-39(30)21-9-10-27-28(19-21)42-18-17-41-27/h1-11,14,19-20,29H,12-13,15-18H2,(H,33,40). The summed E-state index contributed by atoms with van der Waals surface area (Å²) in [6, 6.07) is 23.7. The van der Waals surface area contributed by atoms with Gasteiger partial charge in [0.05, 0.1) is 28.3 Å². The van der Waals surface area contributed by atoms with E-state index in [2.05, 4.69) is 42.5 Å². The summed E-state index contributed by atoms with van der Waals surface area (Å²) in [5, 5.41) is 14.2. The number of nitrogens with zero attached hydrogens (tertiary/aromatic N) is 7. The average Bonchev–Trinajstić information content (AvgIpc) is 3.65. The molecular formula is C31H28N8O3. The molecule has 1 N–H and O–H groups in total. The summed E-state index contributed by atoms with van der Waals surface area (Å²) in [5.41, 5.74) is 4.54. The highest BCUT2D eigenvalue weighted by molar-refractivity contribution is 5.82. The predicted octanol–water partition coefficient (Wildman–Crippen LogP) is 4.05. The number of aromatic nitrogens is 7. The molecule has 11 heteroatoms. The molecule has 1 saturated heterocycles. The first-order valence-electron chi connectivity index (χ1n) is 14.2. The van der Waals surface area contributed by atoms with Gasteiger partial charge in [0.15, 0.2) is 17.3 Å². The van der Waals surface area contributed by atoms with Crippen molar-refractivity contribution in [2.75, 3.05) is 26.3 Å². The van der Waals surface area contributed by atoms with E-state index >= 15 is 0 Å². The molecule has 0 amide bonds. The monoisotopic (exact) mass is 560 g/mol. The van der Waals surface area contributed by atoms with Gasteiger partial charge in [-0.1, -0.05) is 30.3 Å². The molecule has 2 aliphatic heterocycles. The number of H-pyrrole nitrogens is 1. The summed E-state index contributed by atoms with van der Waals surface area (Å²) >= 11 is 0. The van der Waals surface area contributed by atoms with Crippen LogP contribution in [0.2, 0.25) is 0 Å².